The van der Waals surface area contributed by atoms with Gasteiger partial charge in [0.1, 0.15) is 0 Å². The summed E-state index contributed by atoms with van der Waals surface area (Å²) in [5, 5.41) is 2.16. The van der Waals surface area contributed by atoms with Crippen molar-refractivity contribution < 1.29 is 26.0 Å². The Morgan fingerprint density at radius 3 is 2.89 bits per heavy atom. The van der Waals surface area contributed by atoms with Crippen LogP contribution in [0, 0.1) is 0 Å². The van der Waals surface area contributed by atoms with E-state index in [0.717, 1.165) is 16.5 Å². The molecule has 2 aromatic rings. The number of rotatable bonds is 4. The van der Waals surface area contributed by atoms with Crippen LogP contribution in [0.15, 0.2) is 36.7 Å². The number of halogens is 2. The Morgan fingerprint density at radius 1 is 1.39 bits per heavy atom. The van der Waals surface area contributed by atoms with Crippen LogP contribution in [-0.4, -0.2) is 24.8 Å². The number of aromatic nitrogens is 1. The summed E-state index contributed by atoms with van der Waals surface area (Å²) in [5.41, 5.74) is 0.921. The van der Waals surface area contributed by atoms with Gasteiger partial charge >= 0.3 is 131 Å². The zero-order valence-electron chi connectivity index (χ0n) is 9.94. The van der Waals surface area contributed by atoms with E-state index in [9.17, 15) is 4.79 Å². The number of alkyl halides is 3. The van der Waals surface area contributed by atoms with E-state index in [2.05, 4.69) is 32.5 Å². The van der Waals surface area contributed by atoms with Crippen molar-refractivity contribution in [1.82, 2.24) is 4.98 Å². The van der Waals surface area contributed by atoms with Crippen LogP contribution in [0.25, 0.3) is 10.8 Å². The average molecular weight is 467 g/mol. The van der Waals surface area contributed by atoms with Crippen molar-refractivity contribution in [1.29, 1.82) is 0 Å². The normalized spacial score (nSPS) is 10.8. The van der Waals surface area contributed by atoms with Gasteiger partial charge in [0.05, 0.1) is 0 Å². The maximum atomic E-state index is 12.1. The van der Waals surface area contributed by atoms with E-state index in [1.165, 1.54) is 0 Å². The van der Waals surface area contributed by atoms with Gasteiger partial charge in [0.2, 0.25) is 0 Å². The van der Waals surface area contributed by atoms with Crippen LogP contribution in [0.4, 0.5) is 5.69 Å². The summed E-state index contributed by atoms with van der Waals surface area (Å²) in [4.78, 5) is 20.3. The van der Waals surface area contributed by atoms with Crippen LogP contribution in [0.2, 0.25) is 0 Å². The number of fused-ring (bicyclic) bond motifs is 1. The first-order valence-electron chi connectivity index (χ1n) is 5.40. The van der Waals surface area contributed by atoms with Crippen molar-refractivity contribution in [2.45, 2.75) is 0 Å². The molecule has 0 aliphatic carbocycles. The van der Waals surface area contributed by atoms with Crippen molar-refractivity contribution >= 4 is 45.0 Å². The van der Waals surface area contributed by atoms with Gasteiger partial charge in [-0.2, -0.15) is 0 Å². The molecule has 18 heavy (non-hydrogen) atoms. The Hall–Kier alpha value is -0.440. The number of anilines is 1. The SMILES string of the molecule is C[I-]CC(=O)N(CI)c1cncc2ccccc12. The van der Waals surface area contributed by atoms with Crippen LogP contribution in [0.3, 0.4) is 0 Å². The van der Waals surface area contributed by atoms with Crippen LogP contribution >= 0.6 is 22.6 Å². The Balaban J connectivity index is 2.48. The summed E-state index contributed by atoms with van der Waals surface area (Å²) in [5.74, 6) is 0.206. The second-order valence-electron chi connectivity index (χ2n) is 3.72. The van der Waals surface area contributed by atoms with Gasteiger partial charge in [0, 0.05) is 0 Å². The van der Waals surface area contributed by atoms with Gasteiger partial charge in [0.25, 0.3) is 0 Å². The minimum absolute atomic E-state index is 0.0235. The second kappa shape index (κ2) is 6.65. The first kappa shape index (κ1) is 14.0. The first-order chi connectivity index (χ1) is 8.77. The van der Waals surface area contributed by atoms with Crippen LogP contribution in [-0.2, 0) is 4.79 Å². The molecular formula is C13H13I2N2O-. The van der Waals surface area contributed by atoms with Gasteiger partial charge in [0.15, 0.2) is 0 Å². The summed E-state index contributed by atoms with van der Waals surface area (Å²) in [6.45, 7) is 0. The van der Waals surface area contributed by atoms with Crippen molar-refractivity contribution in [2.75, 3.05) is 18.8 Å². The van der Waals surface area contributed by atoms with E-state index >= 15 is 0 Å². The Kier molecular flexibility index (Phi) is 5.16. The molecule has 2 rings (SSSR count). The Labute approximate surface area is 130 Å². The van der Waals surface area contributed by atoms with Crippen molar-refractivity contribution in [3.05, 3.63) is 36.7 Å². The molecule has 0 aliphatic rings. The molecule has 0 N–H and O–H groups in total. The molecule has 1 aromatic heterocycles. The number of carbonyl (C=O) groups excluding carboxylic acids is 1. The number of amides is 1. The number of nitrogens with zero attached hydrogens (tertiary/aromatic N) is 2. The zero-order chi connectivity index (χ0) is 13.0. The van der Waals surface area contributed by atoms with E-state index in [1.54, 1.807) is 6.20 Å². The molecule has 0 fully saturated rings. The number of hydrogen-bond acceptors (Lipinski definition) is 2. The average Bonchev–Trinajstić information content (AvgIpc) is 2.40. The van der Waals surface area contributed by atoms with Crippen LogP contribution < -0.4 is 26.1 Å². The van der Waals surface area contributed by atoms with Gasteiger partial charge in [-0.15, -0.1) is 0 Å². The molecule has 1 heterocycles. The van der Waals surface area contributed by atoms with Gasteiger partial charge in [-0.1, -0.05) is 0 Å². The van der Waals surface area contributed by atoms with Gasteiger partial charge in [-0.3, -0.25) is 0 Å². The predicted molar refractivity (Wildman–Crippen MR) is 78.9 cm³/mol. The molecule has 1 aromatic carbocycles. The molecule has 1 amide bonds. The molecule has 96 valence electrons. The predicted octanol–water partition coefficient (Wildman–Crippen LogP) is -0.321. The number of benzene rings is 1. The Morgan fingerprint density at radius 2 is 2.17 bits per heavy atom. The van der Waals surface area contributed by atoms with Crippen molar-refractivity contribution in [3.8, 4) is 0 Å². The molecule has 0 radical (unpaired) electrons. The molecule has 0 aliphatic heterocycles. The first-order valence-corrected chi connectivity index (χ1v) is 10.6. The summed E-state index contributed by atoms with van der Waals surface area (Å²) < 4.78 is 1.35. The number of pyridine rings is 1. The third-order valence-electron chi connectivity index (χ3n) is 2.61. The molecule has 0 unspecified atom stereocenters. The standard InChI is InChI=1S/C13H13I2N2O/c1-15-6-13(18)17(9-14)12-8-16-7-10-4-2-3-5-11(10)12/h2-5,7-8H,6,9H2,1H3/q-1. The topological polar surface area (TPSA) is 33.2 Å². The molecule has 3 nitrogen and oxygen atoms in total. The molecule has 5 heteroatoms. The third-order valence-corrected chi connectivity index (χ3v) is 4.70. The fourth-order valence-electron chi connectivity index (χ4n) is 1.77. The molecule has 0 spiro atoms. The zero-order valence-corrected chi connectivity index (χ0v) is 14.3. The molecule has 0 saturated carbocycles. The van der Waals surface area contributed by atoms with Crippen LogP contribution in [0.1, 0.15) is 0 Å². The maximum absolute atomic E-state index is 12.1. The number of hydrogen-bond donors (Lipinski definition) is 0. The van der Waals surface area contributed by atoms with E-state index < -0.39 is 0 Å². The fourth-order valence-corrected chi connectivity index (χ4v) is 3.58. The van der Waals surface area contributed by atoms with Crippen molar-refractivity contribution in [3.63, 3.8) is 0 Å². The van der Waals surface area contributed by atoms with Gasteiger partial charge in [-0.25, -0.2) is 0 Å². The van der Waals surface area contributed by atoms with E-state index in [-0.39, 0.29) is 27.1 Å². The van der Waals surface area contributed by atoms with E-state index in [0.29, 0.717) is 8.98 Å². The molecule has 0 saturated heterocycles. The molecule has 0 atom stereocenters. The van der Waals surface area contributed by atoms with E-state index in [4.69, 9.17) is 0 Å². The van der Waals surface area contributed by atoms with E-state index in [1.807, 2.05) is 35.4 Å². The van der Waals surface area contributed by atoms with Gasteiger partial charge in [-0.05, 0) is 0 Å². The minimum atomic E-state index is -0.0235. The third kappa shape index (κ3) is 2.93. The monoisotopic (exact) mass is 467 g/mol. The summed E-state index contributed by atoms with van der Waals surface area (Å²) in [6.07, 6.45) is 3.62. The summed E-state index contributed by atoms with van der Waals surface area (Å²) in [6, 6.07) is 8.05. The quantitative estimate of drug-likeness (QED) is 0.351. The number of carbonyl (C=O) groups is 1. The summed E-state index contributed by atoms with van der Waals surface area (Å²) >= 11 is 2.21. The fraction of sp³-hybridized carbons (Fsp3) is 0.231. The van der Waals surface area contributed by atoms with Crippen molar-refractivity contribution in [2.24, 2.45) is 0 Å². The Bertz CT molecular complexity index is 554. The molecular weight excluding hydrogens is 454 g/mol. The summed E-state index contributed by atoms with van der Waals surface area (Å²) in [7, 11) is 0. The second-order valence-corrected chi connectivity index (χ2v) is 6.69. The van der Waals surface area contributed by atoms with Gasteiger partial charge < -0.3 is 0 Å². The molecule has 0 bridgehead atoms. The van der Waals surface area contributed by atoms with Crippen LogP contribution in [0.5, 0.6) is 0 Å².